The van der Waals surface area contributed by atoms with Crippen LogP contribution in [0, 0.1) is 5.92 Å². The Kier molecular flexibility index (Phi) is 4.30. The lowest BCUT2D eigenvalue weighted by Crippen LogP contribution is -2.40. The number of hydrogen-bond acceptors (Lipinski definition) is 3. The van der Waals surface area contributed by atoms with Gasteiger partial charge in [0.2, 0.25) is 0 Å². The van der Waals surface area contributed by atoms with Crippen molar-refractivity contribution in [3.8, 4) is 0 Å². The van der Waals surface area contributed by atoms with Gasteiger partial charge in [-0.3, -0.25) is 19.2 Å². The van der Waals surface area contributed by atoms with E-state index >= 15 is 0 Å². The number of rotatable bonds is 3. The van der Waals surface area contributed by atoms with Crippen LogP contribution in [-0.4, -0.2) is 21.7 Å². The molecule has 2 N–H and O–H groups in total. The average Bonchev–Trinajstić information content (AvgIpc) is 2.30. The van der Waals surface area contributed by atoms with Crippen molar-refractivity contribution in [2.24, 2.45) is 20.0 Å². The van der Waals surface area contributed by atoms with Gasteiger partial charge in [-0.05, 0) is 5.92 Å². The van der Waals surface area contributed by atoms with Crippen molar-refractivity contribution in [1.29, 1.82) is 0 Å². The highest BCUT2D eigenvalue weighted by atomic mass is 16.2. The first-order valence-electron chi connectivity index (χ1n) is 5.65. The van der Waals surface area contributed by atoms with Gasteiger partial charge >= 0.3 is 11.7 Å². The molecular weight excluding hydrogens is 236 g/mol. The van der Waals surface area contributed by atoms with Gasteiger partial charge in [0.05, 0.1) is 0 Å². The van der Waals surface area contributed by atoms with Gasteiger partial charge in [0.25, 0.3) is 5.56 Å². The maximum Gasteiger partial charge on any atom is 0.332 e. The van der Waals surface area contributed by atoms with Crippen molar-refractivity contribution in [3.05, 3.63) is 26.9 Å². The number of nitrogens with one attached hydrogen (secondary N) is 2. The molecule has 0 atom stereocenters. The maximum atomic E-state index is 11.6. The van der Waals surface area contributed by atoms with Crippen LogP contribution in [0.15, 0.2) is 15.7 Å². The van der Waals surface area contributed by atoms with Crippen LogP contribution in [0.4, 0.5) is 10.6 Å². The smallest absolute Gasteiger partial charge is 0.332 e. The Labute approximate surface area is 104 Å². The number of anilines is 1. The lowest BCUT2D eigenvalue weighted by atomic mass is 10.2. The summed E-state index contributed by atoms with van der Waals surface area (Å²) >= 11 is 0. The topological polar surface area (TPSA) is 85.1 Å². The minimum atomic E-state index is -0.485. The highest BCUT2D eigenvalue weighted by Crippen LogP contribution is 1.98. The number of urea groups is 1. The Morgan fingerprint density at radius 3 is 2.44 bits per heavy atom. The van der Waals surface area contributed by atoms with Gasteiger partial charge in [-0.15, -0.1) is 0 Å². The molecule has 1 rings (SSSR count). The summed E-state index contributed by atoms with van der Waals surface area (Å²) in [5.41, 5.74) is -0.945. The molecule has 0 fully saturated rings. The molecule has 7 nitrogen and oxygen atoms in total. The van der Waals surface area contributed by atoms with Crippen molar-refractivity contribution in [2.45, 2.75) is 13.8 Å². The molecule has 100 valence electrons. The Morgan fingerprint density at radius 2 is 1.89 bits per heavy atom. The fraction of sp³-hybridized carbons (Fsp3) is 0.545. The van der Waals surface area contributed by atoms with E-state index in [0.717, 1.165) is 4.57 Å². The predicted molar refractivity (Wildman–Crippen MR) is 68.8 cm³/mol. The quantitative estimate of drug-likeness (QED) is 0.787. The van der Waals surface area contributed by atoms with E-state index in [0.29, 0.717) is 12.5 Å². The summed E-state index contributed by atoms with van der Waals surface area (Å²) in [5.74, 6) is 0.493. The monoisotopic (exact) mass is 254 g/mol. The van der Waals surface area contributed by atoms with Crippen molar-refractivity contribution < 1.29 is 4.79 Å². The lowest BCUT2D eigenvalue weighted by Gasteiger charge is -2.12. The third-order valence-corrected chi connectivity index (χ3v) is 2.44. The highest BCUT2D eigenvalue weighted by molar-refractivity contribution is 5.88. The van der Waals surface area contributed by atoms with Crippen molar-refractivity contribution in [2.75, 3.05) is 11.9 Å². The molecule has 0 aliphatic rings. The third kappa shape index (κ3) is 3.22. The van der Waals surface area contributed by atoms with Gasteiger partial charge in [-0.25, -0.2) is 9.59 Å². The molecule has 1 aromatic heterocycles. The Morgan fingerprint density at radius 1 is 1.28 bits per heavy atom. The number of nitrogens with zero attached hydrogens (tertiary/aromatic N) is 2. The second kappa shape index (κ2) is 5.52. The molecule has 1 aromatic rings. The number of carbonyl (C=O) groups excluding carboxylic acids is 1. The zero-order valence-corrected chi connectivity index (χ0v) is 11.0. The molecule has 0 aromatic carbocycles. The molecule has 0 saturated heterocycles. The van der Waals surface area contributed by atoms with E-state index in [-0.39, 0.29) is 5.82 Å². The van der Waals surface area contributed by atoms with Crippen molar-refractivity contribution >= 4 is 11.8 Å². The molecule has 7 heteroatoms. The fourth-order valence-electron chi connectivity index (χ4n) is 1.31. The van der Waals surface area contributed by atoms with E-state index in [1.165, 1.54) is 24.7 Å². The first kappa shape index (κ1) is 14.0. The van der Waals surface area contributed by atoms with Crippen LogP contribution < -0.4 is 21.9 Å². The second-order valence-corrected chi connectivity index (χ2v) is 4.50. The van der Waals surface area contributed by atoms with Crippen LogP contribution in [0.3, 0.4) is 0 Å². The summed E-state index contributed by atoms with van der Waals surface area (Å²) < 4.78 is 2.17. The Hall–Kier alpha value is -2.05. The maximum absolute atomic E-state index is 11.6. The summed E-state index contributed by atoms with van der Waals surface area (Å²) in [6.07, 6.45) is 0. The minimum absolute atomic E-state index is 0.171. The molecule has 1 heterocycles. The molecule has 2 amide bonds. The second-order valence-electron chi connectivity index (χ2n) is 4.50. The van der Waals surface area contributed by atoms with Crippen LogP contribution in [-0.2, 0) is 14.1 Å². The first-order chi connectivity index (χ1) is 8.32. The summed E-state index contributed by atoms with van der Waals surface area (Å²) in [6, 6.07) is 0.767. The fourth-order valence-corrected chi connectivity index (χ4v) is 1.31. The van der Waals surface area contributed by atoms with Crippen molar-refractivity contribution in [1.82, 2.24) is 14.5 Å². The van der Waals surface area contributed by atoms with E-state index in [1.54, 1.807) is 0 Å². The number of hydrogen-bond donors (Lipinski definition) is 2. The summed E-state index contributed by atoms with van der Waals surface area (Å²) in [4.78, 5) is 34.6. The molecule has 0 unspecified atom stereocenters. The molecular formula is C11H18N4O3. The molecule has 0 aliphatic carbocycles. The zero-order chi connectivity index (χ0) is 13.9. The molecule has 0 spiro atoms. The highest BCUT2D eigenvalue weighted by Gasteiger charge is 2.08. The number of carbonyl (C=O) groups is 1. The average molecular weight is 254 g/mol. The summed E-state index contributed by atoms with van der Waals surface area (Å²) in [7, 11) is 2.87. The van der Waals surface area contributed by atoms with Crippen LogP contribution in [0.1, 0.15) is 13.8 Å². The predicted octanol–water partition coefficient (Wildman–Crippen LogP) is -0.138. The van der Waals surface area contributed by atoms with Gasteiger partial charge < -0.3 is 5.32 Å². The normalized spacial score (nSPS) is 10.5. The van der Waals surface area contributed by atoms with Crippen LogP contribution in [0.5, 0.6) is 0 Å². The molecule has 0 radical (unpaired) electrons. The van der Waals surface area contributed by atoms with E-state index in [9.17, 15) is 14.4 Å². The van der Waals surface area contributed by atoms with Gasteiger partial charge in [0.15, 0.2) is 0 Å². The van der Waals surface area contributed by atoms with Crippen LogP contribution in [0.25, 0.3) is 0 Å². The van der Waals surface area contributed by atoms with E-state index in [4.69, 9.17) is 0 Å². The Bertz CT molecular complexity index is 556. The SMILES string of the molecule is CC(C)CNC(=O)Nc1cc(=O)n(C)c(=O)n1C. The third-order valence-electron chi connectivity index (χ3n) is 2.44. The number of aromatic nitrogens is 2. The molecule has 18 heavy (non-hydrogen) atoms. The van der Waals surface area contributed by atoms with Gasteiger partial charge in [-0.2, -0.15) is 0 Å². The first-order valence-corrected chi connectivity index (χ1v) is 5.65. The van der Waals surface area contributed by atoms with Gasteiger partial charge in [-0.1, -0.05) is 13.8 Å². The van der Waals surface area contributed by atoms with E-state index in [1.807, 2.05) is 13.8 Å². The van der Waals surface area contributed by atoms with Crippen LogP contribution >= 0.6 is 0 Å². The Balaban J connectivity index is 2.89. The molecule has 0 bridgehead atoms. The standard InChI is InChI=1S/C11H18N4O3/c1-7(2)6-12-10(17)13-8-5-9(16)15(4)11(18)14(8)3/h5,7H,6H2,1-4H3,(H2,12,13,17). The molecule has 0 saturated carbocycles. The largest absolute Gasteiger partial charge is 0.338 e. The number of amides is 2. The lowest BCUT2D eigenvalue weighted by molar-refractivity contribution is 0.250. The van der Waals surface area contributed by atoms with Crippen molar-refractivity contribution in [3.63, 3.8) is 0 Å². The van der Waals surface area contributed by atoms with Gasteiger partial charge in [0.1, 0.15) is 5.82 Å². The van der Waals surface area contributed by atoms with E-state index in [2.05, 4.69) is 10.6 Å². The van der Waals surface area contributed by atoms with E-state index < -0.39 is 17.3 Å². The zero-order valence-electron chi connectivity index (χ0n) is 11.0. The summed E-state index contributed by atoms with van der Waals surface area (Å²) in [5, 5.41) is 5.11. The summed E-state index contributed by atoms with van der Waals surface area (Å²) in [6.45, 7) is 4.45. The van der Waals surface area contributed by atoms with Crippen LogP contribution in [0.2, 0.25) is 0 Å². The van der Waals surface area contributed by atoms with Gasteiger partial charge in [0, 0.05) is 26.7 Å². The minimum Gasteiger partial charge on any atom is -0.338 e. The molecule has 0 aliphatic heterocycles.